The van der Waals surface area contributed by atoms with Crippen molar-refractivity contribution in [1.29, 1.82) is 0 Å². The van der Waals surface area contributed by atoms with E-state index in [1.165, 1.54) is 29.3 Å². The molecule has 1 amide bonds. The van der Waals surface area contributed by atoms with E-state index in [-0.39, 0.29) is 17.3 Å². The number of alkyl halides is 2. The van der Waals surface area contributed by atoms with Crippen LogP contribution in [-0.2, 0) is 0 Å². The van der Waals surface area contributed by atoms with Crippen molar-refractivity contribution in [3.05, 3.63) is 72.0 Å². The summed E-state index contributed by atoms with van der Waals surface area (Å²) in [7, 11) is 1.97. The first-order valence-electron chi connectivity index (χ1n) is 10.8. The summed E-state index contributed by atoms with van der Waals surface area (Å²) in [4.78, 5) is 34.3. The molecule has 178 valence electrons. The Bertz CT molecular complexity index is 1380. The van der Waals surface area contributed by atoms with Gasteiger partial charge in [0.15, 0.2) is 11.4 Å². The number of halogens is 2. The van der Waals surface area contributed by atoms with Crippen LogP contribution >= 0.6 is 0 Å². The Morgan fingerprint density at radius 3 is 2.71 bits per heavy atom. The maximum Gasteiger partial charge on any atom is 0.284 e. The fraction of sp³-hybridized carbons (Fsp3) is 0.208. The second-order valence-corrected chi connectivity index (χ2v) is 8.12. The summed E-state index contributed by atoms with van der Waals surface area (Å²) in [5.41, 5.74) is 0.700. The molecule has 9 nitrogen and oxygen atoms in total. The SMILES string of the molecule is CN(c1cc(-c2nc(C(=O)Nc3cn(-c4ccc(C=O)cc4)nc3C(F)F)co2)ccn1)C1CC1. The summed E-state index contributed by atoms with van der Waals surface area (Å²) in [6, 6.07) is 10.2. The van der Waals surface area contributed by atoms with E-state index in [0.29, 0.717) is 29.1 Å². The van der Waals surface area contributed by atoms with Crippen molar-refractivity contribution in [2.75, 3.05) is 17.3 Å². The molecular weight excluding hydrogens is 458 g/mol. The third-order valence-electron chi connectivity index (χ3n) is 5.68. The number of rotatable bonds is 8. The van der Waals surface area contributed by atoms with Crippen molar-refractivity contribution in [3.63, 3.8) is 0 Å². The topological polar surface area (TPSA) is 106 Å². The minimum absolute atomic E-state index is 0.0720. The number of anilines is 2. The first kappa shape index (κ1) is 22.4. The minimum Gasteiger partial charge on any atom is -0.444 e. The maximum atomic E-state index is 13.6. The predicted molar refractivity (Wildman–Crippen MR) is 123 cm³/mol. The van der Waals surface area contributed by atoms with Crippen molar-refractivity contribution in [3.8, 4) is 17.1 Å². The molecule has 1 aromatic carbocycles. The zero-order valence-electron chi connectivity index (χ0n) is 18.6. The molecule has 1 N–H and O–H groups in total. The van der Waals surface area contributed by atoms with Gasteiger partial charge < -0.3 is 14.6 Å². The van der Waals surface area contributed by atoms with Gasteiger partial charge in [-0.1, -0.05) is 0 Å². The molecule has 3 heterocycles. The predicted octanol–water partition coefficient (Wildman–Crippen LogP) is 4.52. The molecule has 0 unspecified atom stereocenters. The first-order chi connectivity index (χ1) is 16.9. The van der Waals surface area contributed by atoms with Crippen LogP contribution in [0.5, 0.6) is 0 Å². The highest BCUT2D eigenvalue weighted by Crippen LogP contribution is 2.31. The fourth-order valence-corrected chi connectivity index (χ4v) is 3.57. The third kappa shape index (κ3) is 4.65. The van der Waals surface area contributed by atoms with Crippen LogP contribution < -0.4 is 10.2 Å². The van der Waals surface area contributed by atoms with Crippen LogP contribution in [-0.4, -0.2) is 45.0 Å². The van der Waals surface area contributed by atoms with Crippen LogP contribution in [0.2, 0.25) is 0 Å². The second kappa shape index (κ2) is 9.09. The lowest BCUT2D eigenvalue weighted by atomic mass is 10.2. The van der Waals surface area contributed by atoms with E-state index in [9.17, 15) is 18.4 Å². The number of nitrogens with zero attached hydrogens (tertiary/aromatic N) is 5. The Morgan fingerprint density at radius 1 is 1.26 bits per heavy atom. The van der Waals surface area contributed by atoms with Crippen LogP contribution in [0.3, 0.4) is 0 Å². The number of carbonyl (C=O) groups excluding carboxylic acids is 2. The molecule has 1 aliphatic carbocycles. The number of aldehydes is 1. The Morgan fingerprint density at radius 2 is 2.03 bits per heavy atom. The Labute approximate surface area is 198 Å². The number of oxazole rings is 1. The molecule has 4 aromatic rings. The van der Waals surface area contributed by atoms with Gasteiger partial charge in [-0.2, -0.15) is 5.10 Å². The number of amides is 1. The van der Waals surface area contributed by atoms with Gasteiger partial charge in [-0.3, -0.25) is 9.59 Å². The van der Waals surface area contributed by atoms with Gasteiger partial charge >= 0.3 is 0 Å². The largest absolute Gasteiger partial charge is 0.444 e. The van der Waals surface area contributed by atoms with Crippen LogP contribution in [0.25, 0.3) is 17.1 Å². The Balaban J connectivity index is 1.36. The van der Waals surface area contributed by atoms with Crippen molar-refractivity contribution in [2.45, 2.75) is 25.3 Å². The van der Waals surface area contributed by atoms with Crippen molar-refractivity contribution in [1.82, 2.24) is 19.7 Å². The molecule has 3 aromatic heterocycles. The van der Waals surface area contributed by atoms with E-state index in [0.717, 1.165) is 18.7 Å². The molecule has 1 fully saturated rings. The van der Waals surface area contributed by atoms with Gasteiger partial charge in [-0.05, 0) is 49.2 Å². The van der Waals surface area contributed by atoms with Crippen LogP contribution in [0.1, 0.15) is 45.8 Å². The van der Waals surface area contributed by atoms with E-state index in [4.69, 9.17) is 4.42 Å². The number of hydrogen-bond donors (Lipinski definition) is 1. The molecule has 0 spiro atoms. The van der Waals surface area contributed by atoms with Crippen LogP contribution in [0, 0.1) is 0 Å². The van der Waals surface area contributed by atoms with Crippen molar-refractivity contribution >= 4 is 23.7 Å². The highest BCUT2D eigenvalue weighted by atomic mass is 19.3. The smallest absolute Gasteiger partial charge is 0.284 e. The number of aromatic nitrogens is 4. The molecule has 1 aliphatic rings. The van der Waals surface area contributed by atoms with E-state index in [1.54, 1.807) is 24.4 Å². The summed E-state index contributed by atoms with van der Waals surface area (Å²) < 4.78 is 33.9. The molecule has 1 saturated carbocycles. The molecule has 0 radical (unpaired) electrons. The number of benzene rings is 1. The van der Waals surface area contributed by atoms with Gasteiger partial charge in [0, 0.05) is 30.4 Å². The Hall–Kier alpha value is -4.41. The van der Waals surface area contributed by atoms with E-state index >= 15 is 0 Å². The lowest BCUT2D eigenvalue weighted by Crippen LogP contribution is -2.20. The average molecular weight is 478 g/mol. The normalized spacial score (nSPS) is 13.1. The third-order valence-corrected chi connectivity index (χ3v) is 5.68. The summed E-state index contributed by atoms with van der Waals surface area (Å²) >= 11 is 0. The van der Waals surface area contributed by atoms with Gasteiger partial charge in [0.2, 0.25) is 5.89 Å². The van der Waals surface area contributed by atoms with E-state index in [2.05, 4.69) is 25.3 Å². The van der Waals surface area contributed by atoms with Crippen LogP contribution in [0.15, 0.2) is 59.5 Å². The molecule has 5 rings (SSSR count). The fourth-order valence-electron chi connectivity index (χ4n) is 3.57. The molecule has 0 saturated heterocycles. The van der Waals surface area contributed by atoms with Gasteiger partial charge in [-0.25, -0.2) is 23.4 Å². The zero-order chi connectivity index (χ0) is 24.5. The second-order valence-electron chi connectivity index (χ2n) is 8.12. The molecule has 35 heavy (non-hydrogen) atoms. The minimum atomic E-state index is -2.92. The van der Waals surface area contributed by atoms with Gasteiger partial charge in [0.05, 0.1) is 17.6 Å². The monoisotopic (exact) mass is 478 g/mol. The Kier molecular flexibility index (Phi) is 5.81. The maximum absolute atomic E-state index is 13.6. The summed E-state index contributed by atoms with van der Waals surface area (Å²) in [6.07, 6.45) is 4.07. The van der Waals surface area contributed by atoms with Gasteiger partial charge in [0.25, 0.3) is 12.3 Å². The molecule has 0 atom stereocenters. The highest BCUT2D eigenvalue weighted by Gasteiger charge is 2.27. The number of nitrogens with one attached hydrogen (secondary N) is 1. The summed E-state index contributed by atoms with van der Waals surface area (Å²) in [5.74, 6) is 0.259. The quantitative estimate of drug-likeness (QED) is 0.371. The summed E-state index contributed by atoms with van der Waals surface area (Å²) in [5, 5.41) is 6.33. The van der Waals surface area contributed by atoms with Crippen LogP contribution in [0.4, 0.5) is 20.3 Å². The average Bonchev–Trinajstić information content (AvgIpc) is 3.44. The van der Waals surface area contributed by atoms with Crippen molar-refractivity contribution in [2.24, 2.45) is 0 Å². The van der Waals surface area contributed by atoms with E-state index in [1.807, 2.05) is 13.1 Å². The lowest BCUT2D eigenvalue weighted by molar-refractivity contribution is 0.102. The molecule has 0 aliphatic heterocycles. The molecule has 0 bridgehead atoms. The number of hydrogen-bond acceptors (Lipinski definition) is 7. The van der Waals surface area contributed by atoms with Gasteiger partial charge in [-0.15, -0.1) is 0 Å². The number of pyridine rings is 1. The molecule has 11 heteroatoms. The standard InChI is InChI=1S/C24H20F2N6O3/c1-31(16-6-7-16)20-10-15(8-9-27-20)24-29-19(13-35-24)23(34)28-18-11-32(30-21(18)22(25)26)17-4-2-14(12-33)3-5-17/h2-5,8-13,16,22H,6-7H2,1H3,(H,28,34). The number of carbonyl (C=O) groups is 2. The van der Waals surface area contributed by atoms with E-state index < -0.39 is 18.0 Å². The highest BCUT2D eigenvalue weighted by molar-refractivity contribution is 6.03. The van der Waals surface area contributed by atoms with Crippen molar-refractivity contribution < 1.29 is 22.8 Å². The van der Waals surface area contributed by atoms with Gasteiger partial charge in [0.1, 0.15) is 18.4 Å². The zero-order valence-corrected chi connectivity index (χ0v) is 18.6. The summed E-state index contributed by atoms with van der Waals surface area (Å²) in [6.45, 7) is 0. The first-order valence-corrected chi connectivity index (χ1v) is 10.8. The molecular formula is C24H20F2N6O3. The lowest BCUT2D eigenvalue weighted by Gasteiger charge is -2.17.